The van der Waals surface area contributed by atoms with E-state index >= 15 is 0 Å². The summed E-state index contributed by atoms with van der Waals surface area (Å²) in [6.45, 7) is 21.7. The van der Waals surface area contributed by atoms with Crippen LogP contribution >= 0.6 is 0 Å². The van der Waals surface area contributed by atoms with Gasteiger partial charge < -0.3 is 19.3 Å². The Morgan fingerprint density at radius 3 is 1.25 bits per heavy atom. The van der Waals surface area contributed by atoms with Gasteiger partial charge in [0.05, 0.1) is 13.1 Å². The quantitative estimate of drug-likeness (QED) is 0.595. The Morgan fingerprint density at radius 2 is 0.906 bits per heavy atom. The molecule has 0 radical (unpaired) electrons. The zero-order chi connectivity index (χ0) is 23.8. The Bertz CT molecular complexity index is 548. The number of ether oxygens (including phenoxy) is 2. The summed E-state index contributed by atoms with van der Waals surface area (Å²) in [6.07, 6.45) is 2.05. The summed E-state index contributed by atoms with van der Waals surface area (Å²) in [4.78, 5) is 34.2. The van der Waals surface area contributed by atoms with Gasteiger partial charge in [0.15, 0.2) is 0 Å². The van der Waals surface area contributed by atoms with Crippen LogP contribution < -0.4 is 0 Å². The Balaban J connectivity index is 1.93. The first-order valence-corrected chi connectivity index (χ1v) is 12.2. The summed E-state index contributed by atoms with van der Waals surface area (Å²) < 4.78 is 11.1. The van der Waals surface area contributed by atoms with Crippen LogP contribution in [0.1, 0.15) is 54.4 Å². The van der Waals surface area contributed by atoms with Crippen molar-refractivity contribution in [3.05, 3.63) is 0 Å². The number of esters is 2. The maximum atomic E-state index is 12.3. The molecule has 8 heteroatoms. The van der Waals surface area contributed by atoms with E-state index in [9.17, 15) is 9.59 Å². The van der Waals surface area contributed by atoms with Crippen molar-refractivity contribution in [2.45, 2.75) is 65.6 Å². The van der Waals surface area contributed by atoms with Crippen LogP contribution in [0.25, 0.3) is 0 Å². The first-order valence-electron chi connectivity index (χ1n) is 12.2. The molecule has 0 aromatic rings. The zero-order valence-electron chi connectivity index (χ0n) is 21.3. The third kappa shape index (κ3) is 11.6. The van der Waals surface area contributed by atoms with E-state index in [1.165, 1.54) is 0 Å². The van der Waals surface area contributed by atoms with Gasteiger partial charge >= 0.3 is 11.9 Å². The fourth-order valence-corrected chi connectivity index (χ4v) is 4.21. The molecule has 32 heavy (non-hydrogen) atoms. The third-order valence-electron chi connectivity index (χ3n) is 5.64. The van der Waals surface area contributed by atoms with Gasteiger partial charge in [-0.1, -0.05) is 0 Å². The summed E-state index contributed by atoms with van der Waals surface area (Å²) in [7, 11) is 0. The molecular weight excluding hydrogens is 408 g/mol. The maximum Gasteiger partial charge on any atom is 0.320 e. The van der Waals surface area contributed by atoms with Gasteiger partial charge in [0.2, 0.25) is 0 Å². The molecule has 2 unspecified atom stereocenters. The molecule has 0 aromatic heterocycles. The van der Waals surface area contributed by atoms with Gasteiger partial charge in [-0.05, 0) is 67.5 Å². The second-order valence-electron chi connectivity index (χ2n) is 11.1. The number of fused-ring (bicyclic) bond motifs is 3. The van der Waals surface area contributed by atoms with Crippen molar-refractivity contribution in [2.24, 2.45) is 0 Å². The van der Waals surface area contributed by atoms with Crippen molar-refractivity contribution in [1.29, 1.82) is 0 Å². The molecule has 0 aromatic carbocycles. The van der Waals surface area contributed by atoms with Crippen LogP contribution in [-0.4, -0.2) is 121 Å². The van der Waals surface area contributed by atoms with Crippen LogP contribution in [0.4, 0.5) is 0 Å². The predicted octanol–water partition coefficient (Wildman–Crippen LogP) is 1.69. The summed E-state index contributed by atoms with van der Waals surface area (Å²) in [5.41, 5.74) is -0.890. The SMILES string of the molecule is CC(C)(C)OC(=O)CN1CCCN2CCN(CCCN(CC(=O)OC(C)(C)C)CC2)CC1. The molecule has 2 fully saturated rings. The highest BCUT2D eigenvalue weighted by Crippen LogP contribution is 2.11. The van der Waals surface area contributed by atoms with Gasteiger partial charge in [0, 0.05) is 52.4 Å². The monoisotopic (exact) mass is 454 g/mol. The van der Waals surface area contributed by atoms with E-state index in [0.717, 1.165) is 78.3 Å². The van der Waals surface area contributed by atoms with Crippen LogP contribution in [0.5, 0.6) is 0 Å². The summed E-state index contributed by atoms with van der Waals surface area (Å²) in [6, 6.07) is 0. The van der Waals surface area contributed by atoms with Gasteiger partial charge in [-0.2, -0.15) is 0 Å². The molecule has 0 saturated carbocycles. The lowest BCUT2D eigenvalue weighted by molar-refractivity contribution is -0.157. The third-order valence-corrected chi connectivity index (χ3v) is 5.64. The second-order valence-corrected chi connectivity index (χ2v) is 11.1. The van der Waals surface area contributed by atoms with Crippen LogP contribution in [0, 0.1) is 0 Å². The molecule has 0 amide bonds. The second kappa shape index (κ2) is 12.3. The van der Waals surface area contributed by atoms with Crippen molar-refractivity contribution >= 4 is 11.9 Å². The van der Waals surface area contributed by atoms with Crippen molar-refractivity contribution in [1.82, 2.24) is 19.6 Å². The van der Waals surface area contributed by atoms with Gasteiger partial charge in [0.25, 0.3) is 0 Å². The summed E-state index contributed by atoms with van der Waals surface area (Å²) >= 11 is 0. The van der Waals surface area contributed by atoms with Crippen LogP contribution in [0.15, 0.2) is 0 Å². The highest BCUT2D eigenvalue weighted by molar-refractivity contribution is 5.72. The lowest BCUT2D eigenvalue weighted by atomic mass is 10.2. The fourth-order valence-electron chi connectivity index (χ4n) is 4.21. The highest BCUT2D eigenvalue weighted by Gasteiger charge is 2.23. The number of hydrogen-bond donors (Lipinski definition) is 0. The summed E-state index contributed by atoms with van der Waals surface area (Å²) in [5.74, 6) is -0.284. The van der Waals surface area contributed by atoms with Gasteiger partial charge in [-0.3, -0.25) is 19.4 Å². The molecule has 0 N–H and O–H groups in total. The smallest absolute Gasteiger partial charge is 0.320 e. The van der Waals surface area contributed by atoms with E-state index in [-0.39, 0.29) is 11.9 Å². The number of carbonyl (C=O) groups is 2. The van der Waals surface area contributed by atoms with Crippen molar-refractivity contribution in [3.8, 4) is 0 Å². The molecule has 2 aliphatic rings. The Morgan fingerprint density at radius 1 is 0.562 bits per heavy atom. The number of carbonyl (C=O) groups excluding carboxylic acids is 2. The van der Waals surface area contributed by atoms with Gasteiger partial charge in [-0.25, -0.2) is 0 Å². The number of rotatable bonds is 4. The van der Waals surface area contributed by atoms with Crippen LogP contribution in [-0.2, 0) is 19.1 Å². The Hall–Kier alpha value is -1.22. The topological polar surface area (TPSA) is 65.6 Å². The van der Waals surface area contributed by atoms with E-state index in [1.807, 2.05) is 41.5 Å². The molecule has 0 aliphatic carbocycles. The molecule has 2 heterocycles. The zero-order valence-corrected chi connectivity index (χ0v) is 21.3. The minimum atomic E-state index is -0.445. The first kappa shape index (κ1) is 27.0. The minimum Gasteiger partial charge on any atom is -0.459 e. The van der Waals surface area contributed by atoms with E-state index < -0.39 is 11.2 Å². The van der Waals surface area contributed by atoms with E-state index in [0.29, 0.717) is 13.1 Å². The molecule has 0 spiro atoms. The average molecular weight is 455 g/mol. The summed E-state index contributed by atoms with van der Waals surface area (Å²) in [5, 5.41) is 0. The molecular formula is C24H46N4O4. The number of hydrogen-bond acceptors (Lipinski definition) is 8. The average Bonchev–Trinajstić information content (AvgIpc) is 2.63. The normalized spacial score (nSPS) is 25.2. The van der Waals surface area contributed by atoms with Crippen LogP contribution in [0.3, 0.4) is 0 Å². The maximum absolute atomic E-state index is 12.3. The minimum absolute atomic E-state index is 0.142. The van der Waals surface area contributed by atoms with Crippen molar-refractivity contribution in [2.75, 3.05) is 78.5 Å². The van der Waals surface area contributed by atoms with Gasteiger partial charge in [-0.15, -0.1) is 0 Å². The Kier molecular flexibility index (Phi) is 10.4. The molecule has 2 aliphatic heterocycles. The first-order chi connectivity index (χ1) is 14.9. The lowest BCUT2D eigenvalue weighted by Crippen LogP contribution is -2.48. The van der Waals surface area contributed by atoms with Crippen molar-refractivity contribution in [3.63, 3.8) is 0 Å². The predicted molar refractivity (Wildman–Crippen MR) is 127 cm³/mol. The molecule has 8 nitrogen and oxygen atoms in total. The molecule has 2 atom stereocenters. The van der Waals surface area contributed by atoms with Crippen molar-refractivity contribution < 1.29 is 19.1 Å². The Labute approximate surface area is 195 Å². The van der Waals surface area contributed by atoms with E-state index in [2.05, 4.69) is 19.6 Å². The standard InChI is InChI=1S/C24H46N4O4/c1-23(2,3)31-21(29)19-27-11-7-9-26-14-13-25(15-17-27)10-8-12-28(18-16-26)20-22(30)32-24(4,5)6/h7-20H2,1-6H3. The van der Waals surface area contributed by atoms with E-state index in [1.54, 1.807) is 0 Å². The van der Waals surface area contributed by atoms with Crippen LogP contribution in [0.2, 0.25) is 0 Å². The largest absolute Gasteiger partial charge is 0.459 e. The molecule has 2 rings (SSSR count). The highest BCUT2D eigenvalue weighted by atomic mass is 16.6. The lowest BCUT2D eigenvalue weighted by Gasteiger charge is -2.35. The fraction of sp³-hybridized carbons (Fsp3) is 0.917. The van der Waals surface area contributed by atoms with E-state index in [4.69, 9.17) is 9.47 Å². The molecule has 2 bridgehead atoms. The molecule has 2 saturated heterocycles. The number of nitrogens with zero attached hydrogens (tertiary/aromatic N) is 4. The molecule has 186 valence electrons. The van der Waals surface area contributed by atoms with Gasteiger partial charge in [0.1, 0.15) is 11.2 Å².